The molecule has 4 rings (SSSR count). The molecule has 3 aromatic carbocycles. The highest BCUT2D eigenvalue weighted by atomic mass is 79.9. The molecule has 1 aromatic heterocycles. The lowest BCUT2D eigenvalue weighted by atomic mass is 9.99. The number of carbonyl (C=O) groups is 1. The second-order valence-electron chi connectivity index (χ2n) is 7.96. The predicted molar refractivity (Wildman–Crippen MR) is 138 cm³/mol. The number of hydrogen-bond acceptors (Lipinski definition) is 2. The highest BCUT2D eigenvalue weighted by molar-refractivity contribution is 9.10. The van der Waals surface area contributed by atoms with E-state index in [4.69, 9.17) is 28.2 Å². The first-order valence-electron chi connectivity index (χ1n) is 10.1. The van der Waals surface area contributed by atoms with E-state index in [9.17, 15) is 4.79 Å². The Morgan fingerprint density at radius 1 is 0.938 bits per heavy atom. The van der Waals surface area contributed by atoms with Crippen LogP contribution in [0.2, 0.25) is 10.0 Å². The van der Waals surface area contributed by atoms with E-state index in [2.05, 4.69) is 27.3 Å². The van der Waals surface area contributed by atoms with Crippen molar-refractivity contribution in [1.29, 1.82) is 0 Å². The molecule has 6 heteroatoms. The van der Waals surface area contributed by atoms with Gasteiger partial charge in [-0.3, -0.25) is 4.79 Å². The molecule has 1 heterocycles. The molecule has 0 bridgehead atoms. The monoisotopic (exact) mass is 526 g/mol. The number of fused-ring (bicyclic) bond motifs is 1. The van der Waals surface area contributed by atoms with Crippen LogP contribution >= 0.6 is 39.1 Å². The number of halogens is 3. The lowest BCUT2D eigenvalue weighted by Crippen LogP contribution is -2.14. The fourth-order valence-electron chi connectivity index (χ4n) is 3.82. The minimum atomic E-state index is -0.196. The summed E-state index contributed by atoms with van der Waals surface area (Å²) in [5.41, 5.74) is 7.60. The molecule has 1 amide bonds. The van der Waals surface area contributed by atoms with Crippen LogP contribution in [0, 0.1) is 27.7 Å². The Morgan fingerprint density at radius 2 is 1.69 bits per heavy atom. The van der Waals surface area contributed by atoms with Gasteiger partial charge in [0.1, 0.15) is 0 Å². The van der Waals surface area contributed by atoms with E-state index in [1.165, 1.54) is 0 Å². The number of anilines is 1. The molecule has 32 heavy (non-hydrogen) atoms. The summed E-state index contributed by atoms with van der Waals surface area (Å²) in [5.74, 6) is -0.196. The number of pyridine rings is 1. The van der Waals surface area contributed by atoms with Crippen LogP contribution < -0.4 is 5.32 Å². The van der Waals surface area contributed by atoms with Gasteiger partial charge in [-0.15, -0.1) is 0 Å². The summed E-state index contributed by atoms with van der Waals surface area (Å²) in [5, 5.41) is 4.92. The van der Waals surface area contributed by atoms with Crippen molar-refractivity contribution in [2.45, 2.75) is 27.7 Å². The maximum Gasteiger partial charge on any atom is 0.256 e. The van der Waals surface area contributed by atoms with Gasteiger partial charge in [-0.25, -0.2) is 4.98 Å². The molecule has 0 aliphatic heterocycles. The van der Waals surface area contributed by atoms with E-state index in [0.717, 1.165) is 48.9 Å². The largest absolute Gasteiger partial charge is 0.322 e. The van der Waals surface area contributed by atoms with Crippen LogP contribution in [0.3, 0.4) is 0 Å². The third-order valence-corrected chi connectivity index (χ3v) is 7.08. The van der Waals surface area contributed by atoms with Gasteiger partial charge in [0.05, 0.1) is 21.8 Å². The summed E-state index contributed by atoms with van der Waals surface area (Å²) in [7, 11) is 0. The van der Waals surface area contributed by atoms with E-state index >= 15 is 0 Å². The molecular weight excluding hydrogens is 507 g/mol. The van der Waals surface area contributed by atoms with Crippen LogP contribution in [0.4, 0.5) is 5.69 Å². The Bertz CT molecular complexity index is 1400. The summed E-state index contributed by atoms with van der Waals surface area (Å²) in [4.78, 5) is 18.4. The molecule has 0 atom stereocenters. The maximum absolute atomic E-state index is 13.5. The van der Waals surface area contributed by atoms with Crippen LogP contribution in [-0.4, -0.2) is 10.9 Å². The number of carbonyl (C=O) groups excluding carboxylic acids is 1. The predicted octanol–water partition coefficient (Wildman–Crippen LogP) is 8.46. The number of nitrogens with one attached hydrogen (secondary N) is 1. The Morgan fingerprint density at radius 3 is 2.41 bits per heavy atom. The molecule has 0 radical (unpaired) electrons. The average molecular weight is 528 g/mol. The van der Waals surface area contributed by atoms with Gasteiger partial charge in [0.15, 0.2) is 0 Å². The topological polar surface area (TPSA) is 42.0 Å². The van der Waals surface area contributed by atoms with Gasteiger partial charge in [-0.2, -0.15) is 0 Å². The fraction of sp³-hybridized carbons (Fsp3) is 0.154. The quantitative estimate of drug-likeness (QED) is 0.290. The minimum Gasteiger partial charge on any atom is -0.322 e. The van der Waals surface area contributed by atoms with Crippen molar-refractivity contribution in [2.75, 3.05) is 5.32 Å². The fourth-order valence-corrected chi connectivity index (χ4v) is 4.75. The molecular formula is C26H21BrCl2N2O. The Labute approximate surface area is 205 Å². The standard InChI is InChI=1S/C26H21BrCl2N2O/c1-13-9-14(2)25-19(10-13)20(12-24(30-25)18-6-5-17(28)11-22(18)29)26(32)31-23-8-7-21(27)15(3)16(23)4/h5-12H,1-4H3,(H,31,32). The molecule has 0 spiro atoms. The van der Waals surface area contributed by atoms with Crippen LogP contribution in [0.25, 0.3) is 22.2 Å². The summed E-state index contributed by atoms with van der Waals surface area (Å²) in [6.07, 6.45) is 0. The first kappa shape index (κ1) is 22.8. The molecule has 162 valence electrons. The zero-order valence-corrected chi connectivity index (χ0v) is 21.2. The van der Waals surface area contributed by atoms with Crippen molar-refractivity contribution in [1.82, 2.24) is 4.98 Å². The van der Waals surface area contributed by atoms with E-state index in [1.807, 2.05) is 52.0 Å². The van der Waals surface area contributed by atoms with E-state index in [0.29, 0.717) is 21.3 Å². The molecule has 0 aliphatic rings. The molecule has 0 unspecified atom stereocenters. The Balaban J connectivity index is 1.91. The van der Waals surface area contributed by atoms with Crippen molar-refractivity contribution >= 4 is 61.6 Å². The van der Waals surface area contributed by atoms with Crippen LogP contribution in [0.15, 0.2) is 53.0 Å². The van der Waals surface area contributed by atoms with Crippen molar-refractivity contribution in [3.05, 3.63) is 90.9 Å². The van der Waals surface area contributed by atoms with Crippen molar-refractivity contribution < 1.29 is 4.79 Å². The van der Waals surface area contributed by atoms with E-state index in [-0.39, 0.29) is 5.91 Å². The van der Waals surface area contributed by atoms with Crippen LogP contribution in [-0.2, 0) is 0 Å². The van der Waals surface area contributed by atoms with E-state index in [1.54, 1.807) is 18.2 Å². The number of aryl methyl sites for hydroxylation is 2. The number of benzene rings is 3. The number of hydrogen-bond donors (Lipinski definition) is 1. The second-order valence-corrected chi connectivity index (χ2v) is 9.65. The zero-order valence-electron chi connectivity index (χ0n) is 18.1. The Kier molecular flexibility index (Phi) is 6.30. The smallest absolute Gasteiger partial charge is 0.256 e. The van der Waals surface area contributed by atoms with Gasteiger partial charge in [-0.05, 0) is 86.8 Å². The lowest BCUT2D eigenvalue weighted by Gasteiger charge is -2.15. The third-order valence-electron chi connectivity index (χ3n) is 5.67. The number of nitrogens with zero attached hydrogens (tertiary/aromatic N) is 1. The van der Waals surface area contributed by atoms with Gasteiger partial charge in [0.2, 0.25) is 0 Å². The minimum absolute atomic E-state index is 0.196. The van der Waals surface area contributed by atoms with E-state index < -0.39 is 0 Å². The van der Waals surface area contributed by atoms with Crippen molar-refractivity contribution in [3.63, 3.8) is 0 Å². The number of aromatic nitrogens is 1. The summed E-state index contributed by atoms with van der Waals surface area (Å²) >= 11 is 16.1. The van der Waals surface area contributed by atoms with Gasteiger partial charge >= 0.3 is 0 Å². The zero-order chi connectivity index (χ0) is 23.2. The molecule has 0 saturated heterocycles. The van der Waals surface area contributed by atoms with Gasteiger partial charge < -0.3 is 5.32 Å². The van der Waals surface area contributed by atoms with Crippen molar-refractivity contribution in [3.8, 4) is 11.3 Å². The molecule has 0 aliphatic carbocycles. The Hall–Kier alpha value is -2.40. The van der Waals surface area contributed by atoms with Crippen LogP contribution in [0.1, 0.15) is 32.6 Å². The molecule has 0 fully saturated rings. The highest BCUT2D eigenvalue weighted by Gasteiger charge is 2.18. The summed E-state index contributed by atoms with van der Waals surface area (Å²) < 4.78 is 1.01. The lowest BCUT2D eigenvalue weighted by molar-refractivity contribution is 0.102. The maximum atomic E-state index is 13.5. The van der Waals surface area contributed by atoms with Crippen LogP contribution in [0.5, 0.6) is 0 Å². The first-order chi connectivity index (χ1) is 15.2. The molecule has 1 N–H and O–H groups in total. The average Bonchev–Trinajstić information content (AvgIpc) is 2.73. The summed E-state index contributed by atoms with van der Waals surface area (Å²) in [6.45, 7) is 8.03. The highest BCUT2D eigenvalue weighted by Crippen LogP contribution is 2.34. The SMILES string of the molecule is Cc1cc(C)c2nc(-c3ccc(Cl)cc3Cl)cc(C(=O)Nc3ccc(Br)c(C)c3C)c2c1. The molecule has 3 nitrogen and oxygen atoms in total. The molecule has 0 saturated carbocycles. The normalized spacial score (nSPS) is 11.1. The summed E-state index contributed by atoms with van der Waals surface area (Å²) in [6, 6.07) is 15.0. The number of amides is 1. The van der Waals surface area contributed by atoms with Crippen molar-refractivity contribution in [2.24, 2.45) is 0 Å². The van der Waals surface area contributed by atoms with Gasteiger partial charge in [0.25, 0.3) is 5.91 Å². The first-order valence-corrected chi connectivity index (χ1v) is 11.6. The third kappa shape index (κ3) is 4.27. The molecule has 4 aromatic rings. The second kappa shape index (κ2) is 8.86. The number of rotatable bonds is 3. The van der Waals surface area contributed by atoms with Gasteiger partial charge in [-0.1, -0.05) is 50.8 Å². The van der Waals surface area contributed by atoms with Gasteiger partial charge in [0, 0.05) is 26.1 Å².